The molecule has 0 saturated carbocycles. The van der Waals surface area contributed by atoms with Gasteiger partial charge in [0.15, 0.2) is 0 Å². The van der Waals surface area contributed by atoms with Crippen LogP contribution in [0, 0.1) is 5.82 Å². The summed E-state index contributed by atoms with van der Waals surface area (Å²) in [6.45, 7) is 1.89. The smallest absolute Gasteiger partial charge is 0.141 e. The van der Waals surface area contributed by atoms with Gasteiger partial charge in [0, 0.05) is 0 Å². The summed E-state index contributed by atoms with van der Waals surface area (Å²) in [5.41, 5.74) is 1.35. The second kappa shape index (κ2) is 5.95. The predicted molar refractivity (Wildman–Crippen MR) is 77.7 cm³/mol. The molecule has 100 valence electrons. The van der Waals surface area contributed by atoms with E-state index >= 15 is 0 Å². The molecule has 1 N–H and O–H groups in total. The minimum atomic E-state index is -0.372. The lowest BCUT2D eigenvalue weighted by Crippen LogP contribution is -2.08. The topological polar surface area (TPSA) is 24.9 Å². The Hall–Kier alpha value is -1.03. The summed E-state index contributed by atoms with van der Waals surface area (Å²) in [5.74, 6) is -0.372. The molecule has 1 unspecified atom stereocenters. The Morgan fingerprint density at radius 2 is 1.79 bits per heavy atom. The van der Waals surface area contributed by atoms with Gasteiger partial charge in [0.1, 0.15) is 5.82 Å². The first kappa shape index (κ1) is 14.4. The molecule has 19 heavy (non-hydrogen) atoms. The third-order valence-electron chi connectivity index (χ3n) is 2.58. The molecule has 0 fully saturated rings. The molecule has 2 aromatic rings. The molecule has 1 aromatic heterocycles. The number of benzene rings is 1. The van der Waals surface area contributed by atoms with Crippen molar-refractivity contribution >= 4 is 40.5 Å². The molecule has 0 saturated heterocycles. The van der Waals surface area contributed by atoms with Gasteiger partial charge in [-0.25, -0.2) is 4.39 Å². The van der Waals surface area contributed by atoms with Crippen LogP contribution in [0.15, 0.2) is 30.5 Å². The van der Waals surface area contributed by atoms with E-state index in [1.807, 2.05) is 6.92 Å². The third kappa shape index (κ3) is 3.50. The van der Waals surface area contributed by atoms with Gasteiger partial charge in [-0.05, 0) is 31.2 Å². The summed E-state index contributed by atoms with van der Waals surface area (Å²) in [4.78, 5) is 4.00. The first-order valence-corrected chi connectivity index (χ1v) is 6.63. The molecule has 1 atom stereocenters. The zero-order valence-corrected chi connectivity index (χ0v) is 12.2. The molecule has 0 amide bonds. The molecule has 0 aliphatic heterocycles. The van der Waals surface area contributed by atoms with E-state index in [2.05, 4.69) is 10.3 Å². The fourth-order valence-corrected chi connectivity index (χ4v) is 2.19. The molecule has 2 nitrogen and oxygen atoms in total. The van der Waals surface area contributed by atoms with E-state index in [0.717, 1.165) is 0 Å². The standard InChI is InChI=1S/C13H10Cl3FN2/c1-7(12-3-2-8(17)6-18-12)19-13-5-10(15)9(14)4-11(13)16/h2-7,19H,1H3. The van der Waals surface area contributed by atoms with Crippen LogP contribution in [0.25, 0.3) is 0 Å². The van der Waals surface area contributed by atoms with Gasteiger partial charge in [0.25, 0.3) is 0 Å². The van der Waals surface area contributed by atoms with Crippen molar-refractivity contribution in [3.05, 3.63) is 57.0 Å². The van der Waals surface area contributed by atoms with Crippen molar-refractivity contribution < 1.29 is 4.39 Å². The highest BCUT2D eigenvalue weighted by Crippen LogP contribution is 2.33. The number of hydrogen-bond donors (Lipinski definition) is 1. The minimum Gasteiger partial charge on any atom is -0.376 e. The second-order valence-corrected chi connectivity index (χ2v) is 5.24. The number of anilines is 1. The molecule has 0 aliphatic rings. The minimum absolute atomic E-state index is 0.143. The molecular formula is C13H10Cl3FN2. The van der Waals surface area contributed by atoms with E-state index in [9.17, 15) is 4.39 Å². The lowest BCUT2D eigenvalue weighted by atomic mass is 10.2. The number of nitrogens with zero attached hydrogens (tertiary/aromatic N) is 1. The number of pyridine rings is 1. The van der Waals surface area contributed by atoms with Gasteiger partial charge in [-0.1, -0.05) is 34.8 Å². The van der Waals surface area contributed by atoms with Crippen molar-refractivity contribution in [2.24, 2.45) is 0 Å². The average Bonchev–Trinajstić information content (AvgIpc) is 2.36. The fraction of sp³-hybridized carbons (Fsp3) is 0.154. The molecule has 0 bridgehead atoms. The summed E-state index contributed by atoms with van der Waals surface area (Å²) < 4.78 is 12.8. The van der Waals surface area contributed by atoms with Gasteiger partial charge in [0.2, 0.25) is 0 Å². The van der Waals surface area contributed by atoms with Crippen LogP contribution in [0.1, 0.15) is 18.7 Å². The molecule has 0 aliphatic carbocycles. The summed E-state index contributed by atoms with van der Waals surface area (Å²) in [5, 5.41) is 4.42. The highest BCUT2D eigenvalue weighted by atomic mass is 35.5. The number of nitrogens with one attached hydrogen (secondary N) is 1. The Labute approximate surface area is 125 Å². The van der Waals surface area contributed by atoms with Gasteiger partial charge >= 0.3 is 0 Å². The summed E-state index contributed by atoms with van der Waals surface area (Å²) in [7, 11) is 0. The molecule has 1 aromatic carbocycles. The Balaban J connectivity index is 2.21. The van der Waals surface area contributed by atoms with Crippen molar-refractivity contribution in [3.8, 4) is 0 Å². The maximum Gasteiger partial charge on any atom is 0.141 e. The Kier molecular flexibility index (Phi) is 4.50. The molecule has 2 rings (SSSR count). The SMILES string of the molecule is CC(Nc1cc(Cl)c(Cl)cc1Cl)c1ccc(F)cn1. The summed E-state index contributed by atoms with van der Waals surface area (Å²) in [6, 6.07) is 6.04. The Morgan fingerprint density at radius 1 is 1.11 bits per heavy atom. The molecular weight excluding hydrogens is 310 g/mol. The highest BCUT2D eigenvalue weighted by Gasteiger charge is 2.11. The van der Waals surface area contributed by atoms with Crippen molar-refractivity contribution in [3.63, 3.8) is 0 Å². The van der Waals surface area contributed by atoms with Crippen LogP contribution < -0.4 is 5.32 Å². The molecule has 1 heterocycles. The third-order valence-corrected chi connectivity index (χ3v) is 3.61. The predicted octanol–water partition coefficient (Wildman–Crippen LogP) is 5.35. The molecule has 0 radical (unpaired) electrons. The van der Waals surface area contributed by atoms with E-state index in [-0.39, 0.29) is 11.9 Å². The highest BCUT2D eigenvalue weighted by molar-refractivity contribution is 6.44. The first-order valence-electron chi connectivity index (χ1n) is 5.50. The van der Waals surface area contributed by atoms with Crippen molar-refractivity contribution in [2.45, 2.75) is 13.0 Å². The number of halogens is 4. The zero-order valence-electron chi connectivity index (χ0n) is 9.92. The lowest BCUT2D eigenvalue weighted by Gasteiger charge is -2.16. The van der Waals surface area contributed by atoms with Gasteiger partial charge < -0.3 is 5.32 Å². The second-order valence-electron chi connectivity index (χ2n) is 4.01. The van der Waals surface area contributed by atoms with E-state index in [0.29, 0.717) is 26.4 Å². The summed E-state index contributed by atoms with van der Waals surface area (Å²) >= 11 is 17.9. The van der Waals surface area contributed by atoms with E-state index in [4.69, 9.17) is 34.8 Å². The van der Waals surface area contributed by atoms with Crippen LogP contribution in [0.5, 0.6) is 0 Å². The largest absolute Gasteiger partial charge is 0.376 e. The van der Waals surface area contributed by atoms with Crippen LogP contribution in [0.3, 0.4) is 0 Å². The van der Waals surface area contributed by atoms with Gasteiger partial charge in [0.05, 0.1) is 38.7 Å². The quantitative estimate of drug-likeness (QED) is 0.771. The first-order chi connectivity index (χ1) is 8.97. The van der Waals surface area contributed by atoms with Crippen LogP contribution in [-0.2, 0) is 0 Å². The van der Waals surface area contributed by atoms with Crippen molar-refractivity contribution in [1.29, 1.82) is 0 Å². The van der Waals surface area contributed by atoms with Crippen molar-refractivity contribution in [2.75, 3.05) is 5.32 Å². The number of hydrogen-bond acceptors (Lipinski definition) is 2. The maximum absolute atomic E-state index is 12.8. The number of rotatable bonds is 3. The van der Waals surface area contributed by atoms with Crippen LogP contribution in [0.4, 0.5) is 10.1 Å². The van der Waals surface area contributed by atoms with E-state index in [1.54, 1.807) is 18.2 Å². The van der Waals surface area contributed by atoms with Crippen molar-refractivity contribution in [1.82, 2.24) is 4.98 Å². The number of aromatic nitrogens is 1. The van der Waals surface area contributed by atoms with Gasteiger partial charge in [-0.3, -0.25) is 4.98 Å². The van der Waals surface area contributed by atoms with Gasteiger partial charge in [-0.15, -0.1) is 0 Å². The van der Waals surface area contributed by atoms with Gasteiger partial charge in [-0.2, -0.15) is 0 Å². The molecule has 6 heteroatoms. The van der Waals surface area contributed by atoms with Crippen LogP contribution >= 0.6 is 34.8 Å². The molecule has 0 spiro atoms. The maximum atomic E-state index is 12.8. The van der Waals surface area contributed by atoms with Crippen LogP contribution in [0.2, 0.25) is 15.1 Å². The van der Waals surface area contributed by atoms with E-state index < -0.39 is 0 Å². The zero-order chi connectivity index (χ0) is 14.0. The Morgan fingerprint density at radius 3 is 2.42 bits per heavy atom. The average molecular weight is 320 g/mol. The summed E-state index contributed by atoms with van der Waals surface area (Å²) in [6.07, 6.45) is 1.17. The lowest BCUT2D eigenvalue weighted by molar-refractivity contribution is 0.617. The Bertz CT molecular complexity index is 587. The monoisotopic (exact) mass is 318 g/mol. The fourth-order valence-electron chi connectivity index (χ4n) is 1.58. The van der Waals surface area contributed by atoms with Crippen LogP contribution in [-0.4, -0.2) is 4.98 Å². The van der Waals surface area contributed by atoms with E-state index in [1.165, 1.54) is 12.3 Å². The normalized spacial score (nSPS) is 12.3.